The summed E-state index contributed by atoms with van der Waals surface area (Å²) >= 11 is 0. The maximum atomic E-state index is 2.66. The van der Waals surface area contributed by atoms with Gasteiger partial charge in [0.2, 0.25) is 5.69 Å². The van der Waals surface area contributed by atoms with Crippen LogP contribution in [0.2, 0.25) is 0 Å². The van der Waals surface area contributed by atoms with Crippen molar-refractivity contribution in [2.24, 2.45) is 17.8 Å². The molecule has 612 valence electrons. The van der Waals surface area contributed by atoms with E-state index >= 15 is 0 Å². The molecule has 0 spiro atoms. The molecule has 1 aromatic heterocycles. The molecular formula is C123H111N2+. The van der Waals surface area contributed by atoms with Crippen LogP contribution in [0.25, 0.3) is 145 Å². The molecule has 0 saturated heterocycles. The average molecular weight is 1620 g/mol. The molecule has 2 heterocycles. The standard InChI is InChI=1S/C123H111N2/c1-120(2,3)104-51-41-83(42-52-104)96-69-97(84-43-53-105(54-44-84)121(4,5)6)74-101(73-96)90-32-20-30-88(66-90)93-61-63-124-64-62-112-111(118(124)79-93)37-24-40-117(112)125(108-59-49-82(50-60-108)87-29-19-31-89(65-87)100-71-94(80-25-15-13-16-26-80)68-95(72-100)81-27-17-14-18-28-81)116-39-23-35-109-110(116)36-22-38-113-115-78-103(77-114(109)119(113)115)92-34-21-33-91(67-92)102-75-98(85-45-55-106(56-46-85)122(7,8)9)70-99(76-102)86-47-57-107(58-48-86)123(10,11)12/h13-21,23-35,37,39-61,63,65-79,113,115,119H,22,36,38,62,64H2,1-12H3/q+1. The molecule has 0 N–H and O–H groups in total. The number of anilines is 3. The molecule has 1 fully saturated rings. The van der Waals surface area contributed by atoms with Crippen molar-refractivity contribution >= 4 is 28.2 Å². The van der Waals surface area contributed by atoms with Gasteiger partial charge in [-0.3, -0.25) is 0 Å². The molecule has 20 rings (SSSR count). The molecule has 3 atom stereocenters. The van der Waals surface area contributed by atoms with Crippen molar-refractivity contribution in [2.45, 2.75) is 137 Å². The topological polar surface area (TPSA) is 7.12 Å². The van der Waals surface area contributed by atoms with E-state index in [1.807, 2.05) is 0 Å². The second-order valence-electron chi connectivity index (χ2n) is 39.8. The van der Waals surface area contributed by atoms with Gasteiger partial charge in [0.15, 0.2) is 12.7 Å². The van der Waals surface area contributed by atoms with E-state index in [4.69, 9.17) is 0 Å². The molecule has 16 aromatic rings. The number of hydrogen-bond donors (Lipinski definition) is 0. The zero-order valence-electron chi connectivity index (χ0n) is 74.5. The van der Waals surface area contributed by atoms with E-state index in [0.717, 1.165) is 31.5 Å². The molecule has 0 amide bonds. The quantitative estimate of drug-likeness (QED) is 0.0928. The summed E-state index contributed by atoms with van der Waals surface area (Å²) in [6.45, 7) is 28.4. The van der Waals surface area contributed by atoms with Gasteiger partial charge in [-0.25, -0.2) is 0 Å². The first-order valence-electron chi connectivity index (χ1n) is 45.3. The second kappa shape index (κ2) is 32.1. The largest absolute Gasteiger partial charge is 0.310 e. The Hall–Kier alpha value is -13.3. The minimum atomic E-state index is 0.0581. The third-order valence-electron chi connectivity index (χ3n) is 27.3. The van der Waals surface area contributed by atoms with Gasteiger partial charge in [-0.1, -0.05) is 338 Å². The van der Waals surface area contributed by atoms with Crippen LogP contribution in [0.15, 0.2) is 376 Å². The molecule has 125 heavy (non-hydrogen) atoms. The molecule has 1 saturated carbocycles. The number of aromatic nitrogens is 1. The van der Waals surface area contributed by atoms with Gasteiger partial charge in [0.25, 0.3) is 0 Å². The first-order valence-corrected chi connectivity index (χ1v) is 45.3. The number of fused-ring (bicyclic) bond motifs is 6. The van der Waals surface area contributed by atoms with Crippen LogP contribution in [0.5, 0.6) is 0 Å². The van der Waals surface area contributed by atoms with Crippen LogP contribution in [-0.4, -0.2) is 0 Å². The Balaban J connectivity index is 0.686. The van der Waals surface area contributed by atoms with E-state index in [1.54, 1.807) is 0 Å². The molecule has 1 aliphatic heterocycles. The molecule has 15 aromatic carbocycles. The van der Waals surface area contributed by atoms with Gasteiger partial charge in [0.1, 0.15) is 0 Å². The van der Waals surface area contributed by atoms with Crippen molar-refractivity contribution in [3.8, 4) is 134 Å². The molecule has 2 nitrogen and oxygen atoms in total. The van der Waals surface area contributed by atoms with Crippen molar-refractivity contribution in [3.63, 3.8) is 0 Å². The van der Waals surface area contributed by atoms with Crippen LogP contribution >= 0.6 is 0 Å². The third kappa shape index (κ3) is 16.1. The van der Waals surface area contributed by atoms with Crippen LogP contribution in [-0.2, 0) is 41.0 Å². The van der Waals surface area contributed by atoms with Crippen molar-refractivity contribution < 1.29 is 4.57 Å². The molecular weight excluding hydrogens is 1510 g/mol. The van der Waals surface area contributed by atoms with E-state index in [-0.39, 0.29) is 21.7 Å². The highest BCUT2D eigenvalue weighted by Crippen LogP contribution is 2.63. The lowest BCUT2D eigenvalue weighted by Crippen LogP contribution is -2.40. The number of aryl methyl sites for hydroxylation is 1. The van der Waals surface area contributed by atoms with E-state index in [0.29, 0.717) is 17.8 Å². The van der Waals surface area contributed by atoms with Gasteiger partial charge in [0, 0.05) is 29.9 Å². The zero-order valence-corrected chi connectivity index (χ0v) is 74.5. The van der Waals surface area contributed by atoms with Crippen LogP contribution < -0.4 is 9.47 Å². The lowest BCUT2D eigenvalue weighted by Gasteiger charge is -2.33. The lowest BCUT2D eigenvalue weighted by atomic mass is 9.84. The smallest absolute Gasteiger partial charge is 0.213 e. The molecule has 0 bridgehead atoms. The summed E-state index contributed by atoms with van der Waals surface area (Å²) in [5, 5.41) is 0. The fourth-order valence-corrected chi connectivity index (χ4v) is 20.0. The average Bonchev–Trinajstić information content (AvgIpc) is 1.56. The predicted octanol–water partition coefficient (Wildman–Crippen LogP) is 32.9. The summed E-state index contributed by atoms with van der Waals surface area (Å²) < 4.78 is 2.49. The SMILES string of the molecule is CC(C)(C)c1ccc(-c2cc(-c3ccc(C(C)(C)C)cc3)cc(-c3cccc(C4=CC5C6CCCc7c(cccc7N(c7ccc(-c8cccc(-c9cc(-c%10ccccc%10)cc(-c%10ccccc%10)c9)c8)cc7)c7cccc8c7CC[n+]7ccc(-c9cccc(-c%10cc(-c%11ccc(C(C)(C)C)cc%11)cc(-c%11ccc(C(C)(C)C)cc%11)c%10)c9)cc7-8)C(=C4)C56)c3)c2)cc1. The minimum absolute atomic E-state index is 0.0581. The van der Waals surface area contributed by atoms with Crippen LogP contribution in [0.3, 0.4) is 0 Å². The molecule has 3 aliphatic carbocycles. The monoisotopic (exact) mass is 1620 g/mol. The number of hydrogen-bond acceptors (Lipinski definition) is 1. The third-order valence-corrected chi connectivity index (χ3v) is 27.3. The number of nitrogens with zero attached hydrogens (tertiary/aromatic N) is 2. The minimum Gasteiger partial charge on any atom is -0.310 e. The fraction of sp³-hybridized carbons (Fsp3) is 0.195. The van der Waals surface area contributed by atoms with Crippen molar-refractivity contribution in [3.05, 3.63) is 421 Å². The maximum Gasteiger partial charge on any atom is 0.213 e. The van der Waals surface area contributed by atoms with Gasteiger partial charge >= 0.3 is 0 Å². The zero-order chi connectivity index (χ0) is 85.6. The Morgan fingerprint density at radius 1 is 0.272 bits per heavy atom. The number of benzene rings is 15. The van der Waals surface area contributed by atoms with E-state index in [9.17, 15) is 0 Å². The van der Waals surface area contributed by atoms with E-state index < -0.39 is 0 Å². The number of pyridine rings is 1. The Kier molecular flexibility index (Phi) is 20.6. The van der Waals surface area contributed by atoms with Gasteiger partial charge in [-0.2, -0.15) is 4.57 Å². The maximum absolute atomic E-state index is 2.66. The van der Waals surface area contributed by atoms with Crippen molar-refractivity contribution in [2.75, 3.05) is 4.90 Å². The molecule has 4 aliphatic rings. The Labute approximate surface area is 741 Å². The van der Waals surface area contributed by atoms with Crippen molar-refractivity contribution in [1.82, 2.24) is 0 Å². The Morgan fingerprint density at radius 2 is 0.584 bits per heavy atom. The highest BCUT2D eigenvalue weighted by atomic mass is 15.2. The first-order chi connectivity index (χ1) is 60.4. The summed E-state index contributed by atoms with van der Waals surface area (Å²) in [6, 6.07) is 137. The highest BCUT2D eigenvalue weighted by molar-refractivity contribution is 5.95. The highest BCUT2D eigenvalue weighted by Gasteiger charge is 2.53. The number of allylic oxidation sites excluding steroid dienone is 4. The first kappa shape index (κ1) is 80.2. The summed E-state index contributed by atoms with van der Waals surface area (Å²) in [6.07, 6.45) is 11.8. The summed E-state index contributed by atoms with van der Waals surface area (Å²) in [7, 11) is 0. The molecule has 2 heteroatoms. The Morgan fingerprint density at radius 3 is 1.00 bits per heavy atom. The molecule has 3 unspecified atom stereocenters. The van der Waals surface area contributed by atoms with E-state index in [1.165, 1.54) is 207 Å². The molecule has 0 radical (unpaired) electrons. The van der Waals surface area contributed by atoms with Gasteiger partial charge in [-0.05, 0) is 340 Å². The van der Waals surface area contributed by atoms with Crippen molar-refractivity contribution in [1.29, 1.82) is 0 Å². The van der Waals surface area contributed by atoms with Gasteiger partial charge in [0.05, 0.1) is 11.3 Å². The van der Waals surface area contributed by atoms with Gasteiger partial charge < -0.3 is 4.90 Å². The number of rotatable bonds is 15. The van der Waals surface area contributed by atoms with Gasteiger partial charge in [-0.15, -0.1) is 0 Å². The van der Waals surface area contributed by atoms with Crippen LogP contribution in [0.4, 0.5) is 17.1 Å². The second-order valence-corrected chi connectivity index (χ2v) is 39.8. The lowest BCUT2D eigenvalue weighted by molar-refractivity contribution is -0.687. The summed E-state index contributed by atoms with van der Waals surface area (Å²) in [4.78, 5) is 2.66. The summed E-state index contributed by atoms with van der Waals surface area (Å²) in [5.74, 6) is 1.57. The van der Waals surface area contributed by atoms with E-state index in [2.05, 4.69) is 469 Å². The normalized spacial score (nSPS) is 15.4. The summed E-state index contributed by atoms with van der Waals surface area (Å²) in [5.41, 5.74) is 46.5. The predicted molar refractivity (Wildman–Crippen MR) is 531 cm³/mol. The van der Waals surface area contributed by atoms with Crippen LogP contribution in [0, 0.1) is 17.8 Å². The fourth-order valence-electron chi connectivity index (χ4n) is 20.0. The Bertz CT molecular complexity index is 6630. The van der Waals surface area contributed by atoms with Crippen LogP contribution in [0.1, 0.15) is 140 Å².